The Kier molecular flexibility index (Phi) is 5.55. The van der Waals surface area contributed by atoms with Crippen LogP contribution in [0.2, 0.25) is 0 Å². The van der Waals surface area contributed by atoms with E-state index in [0.717, 1.165) is 16.7 Å². The molecule has 6 heteroatoms. The summed E-state index contributed by atoms with van der Waals surface area (Å²) in [6.07, 6.45) is 0. The van der Waals surface area contributed by atoms with Gasteiger partial charge in [0.1, 0.15) is 12.4 Å². The number of aromatic carboxylic acids is 1. The zero-order chi connectivity index (χ0) is 23.7. The number of halogens is 1. The van der Waals surface area contributed by atoms with Crippen LogP contribution in [0.15, 0.2) is 84.9 Å². The Balaban J connectivity index is 1.38. The lowest BCUT2D eigenvalue weighted by atomic mass is 10.00. The van der Waals surface area contributed by atoms with Crippen LogP contribution >= 0.6 is 0 Å². The first-order valence-corrected chi connectivity index (χ1v) is 10.8. The number of aromatic amines is 1. The molecule has 5 rings (SSSR count). The molecule has 0 atom stereocenters. The Bertz CT molecular complexity index is 1490. The van der Waals surface area contributed by atoms with Gasteiger partial charge in [0.25, 0.3) is 6.01 Å². The van der Waals surface area contributed by atoms with Crippen LogP contribution in [0.5, 0.6) is 6.01 Å². The fraction of sp³-hybridized carbons (Fsp3) is 0.0714. The molecule has 0 bridgehead atoms. The number of H-pyrrole nitrogens is 1. The lowest BCUT2D eigenvalue weighted by Gasteiger charge is -2.06. The number of aryl methyl sites for hydroxylation is 1. The van der Waals surface area contributed by atoms with Gasteiger partial charge in [-0.1, -0.05) is 66.7 Å². The number of nitrogens with one attached hydrogen (secondary N) is 1. The molecule has 0 spiro atoms. The normalized spacial score (nSPS) is 11.0. The molecule has 34 heavy (non-hydrogen) atoms. The van der Waals surface area contributed by atoms with Gasteiger partial charge in [0.2, 0.25) is 0 Å². The highest BCUT2D eigenvalue weighted by atomic mass is 19.1. The molecule has 0 amide bonds. The van der Waals surface area contributed by atoms with Gasteiger partial charge in [-0.25, -0.2) is 9.18 Å². The van der Waals surface area contributed by atoms with Crippen molar-refractivity contribution in [1.82, 2.24) is 9.97 Å². The average Bonchev–Trinajstić information content (AvgIpc) is 3.25. The zero-order valence-corrected chi connectivity index (χ0v) is 18.4. The number of benzene rings is 4. The van der Waals surface area contributed by atoms with Crippen molar-refractivity contribution in [3.05, 3.63) is 107 Å². The van der Waals surface area contributed by atoms with Crippen LogP contribution in [-0.2, 0) is 6.61 Å². The van der Waals surface area contributed by atoms with Gasteiger partial charge in [0, 0.05) is 11.6 Å². The molecule has 0 radical (unpaired) electrons. The first-order chi connectivity index (χ1) is 16.5. The molecule has 1 heterocycles. The maximum Gasteiger partial charge on any atom is 0.335 e. The van der Waals surface area contributed by atoms with Gasteiger partial charge in [-0.3, -0.25) is 0 Å². The number of carboxylic acid groups (broad SMARTS) is 1. The molecular weight excluding hydrogens is 431 g/mol. The van der Waals surface area contributed by atoms with Gasteiger partial charge in [0.15, 0.2) is 0 Å². The molecule has 0 fully saturated rings. The third-order valence-corrected chi connectivity index (χ3v) is 5.76. The Morgan fingerprint density at radius 2 is 1.65 bits per heavy atom. The Labute approximate surface area is 195 Å². The van der Waals surface area contributed by atoms with Crippen molar-refractivity contribution in [2.75, 3.05) is 0 Å². The van der Waals surface area contributed by atoms with E-state index < -0.39 is 5.97 Å². The summed E-state index contributed by atoms with van der Waals surface area (Å²) in [6, 6.07) is 26.2. The van der Waals surface area contributed by atoms with E-state index in [2.05, 4.69) is 9.97 Å². The third-order valence-electron chi connectivity index (χ3n) is 5.76. The van der Waals surface area contributed by atoms with E-state index >= 15 is 0 Å². The first kappa shape index (κ1) is 21.4. The van der Waals surface area contributed by atoms with E-state index in [4.69, 9.17) is 4.74 Å². The molecule has 0 saturated heterocycles. The van der Waals surface area contributed by atoms with Crippen LogP contribution in [0.25, 0.3) is 33.3 Å². The second kappa shape index (κ2) is 8.83. The lowest BCUT2D eigenvalue weighted by Crippen LogP contribution is -2.03. The van der Waals surface area contributed by atoms with Gasteiger partial charge < -0.3 is 14.8 Å². The highest BCUT2D eigenvalue weighted by molar-refractivity contribution is 5.89. The number of carbonyl (C=O) groups is 1. The molecular formula is C28H21FN2O3. The van der Waals surface area contributed by atoms with Crippen molar-refractivity contribution in [3.8, 4) is 28.3 Å². The second-order valence-electron chi connectivity index (χ2n) is 8.08. The molecule has 1 aromatic heterocycles. The topological polar surface area (TPSA) is 75.2 Å². The van der Waals surface area contributed by atoms with Crippen LogP contribution in [-0.4, -0.2) is 21.0 Å². The van der Waals surface area contributed by atoms with Crippen molar-refractivity contribution in [3.63, 3.8) is 0 Å². The van der Waals surface area contributed by atoms with E-state index in [0.29, 0.717) is 27.7 Å². The van der Waals surface area contributed by atoms with Gasteiger partial charge >= 0.3 is 5.97 Å². The van der Waals surface area contributed by atoms with Crippen LogP contribution in [0.3, 0.4) is 0 Å². The third kappa shape index (κ3) is 4.26. The smallest absolute Gasteiger partial charge is 0.335 e. The lowest BCUT2D eigenvalue weighted by molar-refractivity contribution is 0.0696. The fourth-order valence-electron chi connectivity index (χ4n) is 3.91. The van der Waals surface area contributed by atoms with Gasteiger partial charge in [-0.2, -0.15) is 4.98 Å². The van der Waals surface area contributed by atoms with E-state index in [1.807, 2.05) is 54.6 Å². The predicted octanol–water partition coefficient (Wildman–Crippen LogP) is 6.62. The maximum atomic E-state index is 14.9. The Morgan fingerprint density at radius 1 is 0.941 bits per heavy atom. The highest BCUT2D eigenvalue weighted by Gasteiger charge is 2.13. The summed E-state index contributed by atoms with van der Waals surface area (Å²) in [5.74, 6) is -1.34. The van der Waals surface area contributed by atoms with Crippen LogP contribution in [0.4, 0.5) is 4.39 Å². The van der Waals surface area contributed by atoms with Crippen LogP contribution in [0, 0.1) is 12.7 Å². The van der Waals surface area contributed by atoms with Crippen molar-refractivity contribution in [2.24, 2.45) is 0 Å². The van der Waals surface area contributed by atoms with Crippen molar-refractivity contribution in [2.45, 2.75) is 13.5 Å². The van der Waals surface area contributed by atoms with Gasteiger partial charge in [-0.05, 0) is 46.9 Å². The van der Waals surface area contributed by atoms with Gasteiger partial charge in [0.05, 0.1) is 16.6 Å². The maximum absolute atomic E-state index is 14.9. The largest absolute Gasteiger partial charge is 0.478 e. The number of carboxylic acids is 1. The molecule has 0 aliphatic rings. The molecule has 168 valence electrons. The molecule has 0 unspecified atom stereocenters. The monoisotopic (exact) mass is 452 g/mol. The average molecular weight is 452 g/mol. The summed E-state index contributed by atoms with van der Waals surface area (Å²) < 4.78 is 20.6. The van der Waals surface area contributed by atoms with E-state index in [-0.39, 0.29) is 24.0 Å². The zero-order valence-electron chi connectivity index (χ0n) is 18.4. The number of aromatic nitrogens is 2. The van der Waals surface area contributed by atoms with Gasteiger partial charge in [-0.15, -0.1) is 0 Å². The summed E-state index contributed by atoms with van der Waals surface area (Å²) in [5, 5.41) is 9.29. The second-order valence-corrected chi connectivity index (χ2v) is 8.08. The summed E-state index contributed by atoms with van der Waals surface area (Å²) >= 11 is 0. The first-order valence-electron chi connectivity index (χ1n) is 10.8. The van der Waals surface area contributed by atoms with Crippen LogP contribution in [0.1, 0.15) is 21.5 Å². The number of imidazole rings is 1. The highest BCUT2D eigenvalue weighted by Crippen LogP contribution is 2.30. The summed E-state index contributed by atoms with van der Waals surface area (Å²) in [4.78, 5) is 18.8. The minimum atomic E-state index is -0.983. The molecule has 5 nitrogen and oxygen atoms in total. The van der Waals surface area contributed by atoms with E-state index in [1.54, 1.807) is 31.2 Å². The summed E-state index contributed by atoms with van der Waals surface area (Å²) in [6.45, 7) is 1.88. The SMILES string of the molecule is Cc1ccc(COc2nc3cc(-c4ccc(-c5ccccc5)cc4)c(F)cc3[nH]2)cc1C(=O)O. The number of rotatable bonds is 6. The fourth-order valence-corrected chi connectivity index (χ4v) is 3.91. The number of fused-ring (bicyclic) bond motifs is 1. The molecule has 5 aromatic rings. The standard InChI is InChI=1S/C28H21FN2O3/c1-17-7-8-18(13-22(17)27(32)33)16-34-28-30-25-14-23(24(29)15-26(25)31-28)21-11-9-20(10-12-21)19-5-3-2-4-6-19/h2-15H,16H2,1H3,(H,30,31)(H,32,33). The van der Waals surface area contributed by atoms with E-state index in [9.17, 15) is 14.3 Å². The molecule has 0 aliphatic heterocycles. The molecule has 0 saturated carbocycles. The number of hydrogen-bond donors (Lipinski definition) is 2. The number of nitrogens with zero attached hydrogens (tertiary/aromatic N) is 1. The minimum absolute atomic E-state index is 0.136. The van der Waals surface area contributed by atoms with Crippen molar-refractivity contribution < 1.29 is 19.0 Å². The molecule has 0 aliphatic carbocycles. The van der Waals surface area contributed by atoms with Crippen LogP contribution < -0.4 is 4.74 Å². The quantitative estimate of drug-likeness (QED) is 0.304. The van der Waals surface area contributed by atoms with Crippen molar-refractivity contribution in [1.29, 1.82) is 0 Å². The van der Waals surface area contributed by atoms with Crippen molar-refractivity contribution >= 4 is 17.0 Å². The predicted molar refractivity (Wildman–Crippen MR) is 129 cm³/mol. The van der Waals surface area contributed by atoms with E-state index in [1.165, 1.54) is 6.07 Å². The number of ether oxygens (including phenoxy) is 1. The summed E-state index contributed by atoms with van der Waals surface area (Å²) in [7, 11) is 0. The minimum Gasteiger partial charge on any atom is -0.478 e. The Morgan fingerprint density at radius 3 is 2.38 bits per heavy atom. The summed E-state index contributed by atoms with van der Waals surface area (Å²) in [5.41, 5.74) is 6.08. The molecule has 4 aromatic carbocycles. The Hall–Kier alpha value is -4.45. The number of hydrogen-bond acceptors (Lipinski definition) is 3. The molecule has 2 N–H and O–H groups in total.